The number of benzene rings is 2. The summed E-state index contributed by atoms with van der Waals surface area (Å²) in [7, 11) is 3.99. The highest BCUT2D eigenvalue weighted by molar-refractivity contribution is 5.95. The van der Waals surface area contributed by atoms with Gasteiger partial charge in [-0.3, -0.25) is 9.69 Å². The van der Waals surface area contributed by atoms with Crippen LogP contribution in [0.2, 0.25) is 0 Å². The van der Waals surface area contributed by atoms with Gasteiger partial charge in [0.25, 0.3) is 5.91 Å². The number of carbonyl (C=O) groups excluding carboxylic acids is 1. The lowest BCUT2D eigenvalue weighted by Crippen LogP contribution is -2.46. The number of anilines is 1. The van der Waals surface area contributed by atoms with Crippen molar-refractivity contribution < 1.29 is 14.3 Å². The van der Waals surface area contributed by atoms with Crippen LogP contribution in [0.3, 0.4) is 0 Å². The number of nitrogens with one attached hydrogen (secondary N) is 2. The maximum atomic E-state index is 13.1. The first-order chi connectivity index (χ1) is 15.6. The van der Waals surface area contributed by atoms with E-state index < -0.39 is 0 Å². The van der Waals surface area contributed by atoms with Crippen LogP contribution in [0.25, 0.3) is 0 Å². The number of carbonyl (C=O) groups is 1. The number of amides is 1. The molecule has 5 rings (SSSR count). The summed E-state index contributed by atoms with van der Waals surface area (Å²) in [6.45, 7) is 3.63. The van der Waals surface area contributed by atoms with E-state index in [1.807, 2.05) is 54.2 Å². The van der Waals surface area contributed by atoms with Gasteiger partial charge in [0.1, 0.15) is 0 Å². The molecule has 2 aromatic carbocycles. The number of hydrogen-bond donors (Lipinski definition) is 2. The van der Waals surface area contributed by atoms with Crippen molar-refractivity contribution in [2.24, 2.45) is 0 Å². The van der Waals surface area contributed by atoms with Gasteiger partial charge in [-0.1, -0.05) is 12.1 Å². The molecule has 0 saturated carbocycles. The molecule has 2 atom stereocenters. The highest BCUT2D eigenvalue weighted by Gasteiger charge is 2.32. The molecule has 0 aliphatic carbocycles. The Morgan fingerprint density at radius 1 is 1.00 bits per heavy atom. The van der Waals surface area contributed by atoms with Crippen LogP contribution in [0.4, 0.5) is 5.69 Å². The second kappa shape index (κ2) is 8.97. The monoisotopic (exact) mass is 437 g/mol. The lowest BCUT2D eigenvalue weighted by atomic mass is 10.0. The molecule has 0 aromatic heterocycles. The molecule has 2 saturated heterocycles. The molecule has 3 heterocycles. The fraction of sp³-hybridized carbons (Fsp3) is 0.458. The summed E-state index contributed by atoms with van der Waals surface area (Å²) in [5.74, 6) is 1.74. The van der Waals surface area contributed by atoms with E-state index in [-0.39, 0.29) is 18.1 Å². The summed E-state index contributed by atoms with van der Waals surface area (Å²) in [4.78, 5) is 19.6. The number of fused-ring (bicyclic) bond motifs is 1. The normalized spacial score (nSPS) is 23.2. The fourth-order valence-electron chi connectivity index (χ4n) is 4.68. The van der Waals surface area contributed by atoms with Crippen molar-refractivity contribution in [2.45, 2.75) is 25.0 Å². The Morgan fingerprint density at radius 3 is 2.75 bits per heavy atom. The Morgan fingerprint density at radius 2 is 1.88 bits per heavy atom. The first kappa shape index (κ1) is 21.1. The summed E-state index contributed by atoms with van der Waals surface area (Å²) in [5.41, 5.74) is 9.89. The summed E-state index contributed by atoms with van der Waals surface area (Å²) in [5, 5.41) is 0. The Kier molecular flexibility index (Phi) is 5.91. The quantitative estimate of drug-likeness (QED) is 0.760. The number of ether oxygens (including phenoxy) is 2. The maximum Gasteiger partial charge on any atom is 0.253 e. The maximum absolute atomic E-state index is 13.1. The minimum atomic E-state index is 0.117. The minimum Gasteiger partial charge on any atom is -0.454 e. The molecular weight excluding hydrogens is 406 g/mol. The molecule has 32 heavy (non-hydrogen) atoms. The lowest BCUT2D eigenvalue weighted by molar-refractivity contribution is 0.0756. The van der Waals surface area contributed by atoms with Crippen LogP contribution in [0, 0.1) is 0 Å². The lowest BCUT2D eigenvalue weighted by Gasteiger charge is -2.27. The molecule has 2 fully saturated rings. The number of hydrazine groups is 1. The van der Waals surface area contributed by atoms with E-state index >= 15 is 0 Å². The van der Waals surface area contributed by atoms with Gasteiger partial charge in [0.05, 0.1) is 6.17 Å². The number of nitrogens with zero attached hydrogens (tertiary/aromatic N) is 3. The Hall–Kier alpha value is -2.81. The van der Waals surface area contributed by atoms with E-state index in [0.717, 1.165) is 61.8 Å². The van der Waals surface area contributed by atoms with Gasteiger partial charge in [-0.25, -0.2) is 10.9 Å². The number of hydrogen-bond acceptors (Lipinski definition) is 7. The van der Waals surface area contributed by atoms with E-state index in [1.165, 1.54) is 5.56 Å². The SMILES string of the molecule is CN(C)c1cccc(C(=O)N2CCCN(C3CC(c4ccc5c(c4)OCO5)NN3)CC2)c1. The van der Waals surface area contributed by atoms with Gasteiger partial charge in [0.2, 0.25) is 6.79 Å². The van der Waals surface area contributed by atoms with Gasteiger partial charge < -0.3 is 19.3 Å². The van der Waals surface area contributed by atoms with Crippen LogP contribution in [0.15, 0.2) is 42.5 Å². The van der Waals surface area contributed by atoms with Crippen molar-refractivity contribution in [1.82, 2.24) is 20.7 Å². The fourth-order valence-corrected chi connectivity index (χ4v) is 4.68. The van der Waals surface area contributed by atoms with Crippen LogP contribution in [0.5, 0.6) is 11.5 Å². The second-order valence-corrected chi connectivity index (χ2v) is 8.83. The van der Waals surface area contributed by atoms with Gasteiger partial charge in [0.15, 0.2) is 11.5 Å². The molecule has 0 bridgehead atoms. The highest BCUT2D eigenvalue weighted by Crippen LogP contribution is 2.36. The van der Waals surface area contributed by atoms with Gasteiger partial charge in [-0.05, 0) is 48.7 Å². The molecule has 3 aliphatic rings. The minimum absolute atomic E-state index is 0.117. The largest absolute Gasteiger partial charge is 0.454 e. The molecule has 1 amide bonds. The molecule has 0 radical (unpaired) electrons. The van der Waals surface area contributed by atoms with E-state index in [0.29, 0.717) is 6.79 Å². The van der Waals surface area contributed by atoms with Crippen LogP contribution >= 0.6 is 0 Å². The average molecular weight is 438 g/mol. The third kappa shape index (κ3) is 4.26. The topological polar surface area (TPSA) is 69.3 Å². The Bertz CT molecular complexity index is 982. The van der Waals surface area contributed by atoms with Crippen LogP contribution in [-0.4, -0.2) is 68.9 Å². The van der Waals surface area contributed by atoms with Gasteiger partial charge in [0, 0.05) is 57.6 Å². The van der Waals surface area contributed by atoms with Crippen molar-refractivity contribution in [1.29, 1.82) is 0 Å². The number of rotatable bonds is 4. The zero-order valence-corrected chi connectivity index (χ0v) is 18.7. The van der Waals surface area contributed by atoms with Crippen molar-refractivity contribution in [3.63, 3.8) is 0 Å². The molecule has 2 aromatic rings. The molecule has 170 valence electrons. The van der Waals surface area contributed by atoms with Gasteiger partial charge in [-0.15, -0.1) is 0 Å². The molecule has 8 heteroatoms. The average Bonchev–Trinajstić information content (AvgIpc) is 3.42. The van der Waals surface area contributed by atoms with Crippen molar-refractivity contribution in [3.05, 3.63) is 53.6 Å². The molecule has 8 nitrogen and oxygen atoms in total. The van der Waals surface area contributed by atoms with Crippen molar-refractivity contribution >= 4 is 11.6 Å². The van der Waals surface area contributed by atoms with E-state index in [1.54, 1.807) is 0 Å². The molecular formula is C24H31N5O3. The summed E-state index contributed by atoms with van der Waals surface area (Å²) < 4.78 is 11.0. The van der Waals surface area contributed by atoms with E-state index in [4.69, 9.17) is 9.47 Å². The molecule has 0 spiro atoms. The van der Waals surface area contributed by atoms with E-state index in [9.17, 15) is 4.79 Å². The third-order valence-electron chi connectivity index (χ3n) is 6.55. The standard InChI is InChI=1S/C24H31N5O3/c1-27(2)19-6-3-5-18(13-19)24(30)29-10-4-9-28(11-12-29)23-15-20(25-26-23)17-7-8-21-22(14-17)32-16-31-21/h3,5-8,13-14,20,23,25-26H,4,9-12,15-16H2,1-2H3. The molecule has 3 aliphatic heterocycles. The van der Waals surface area contributed by atoms with Gasteiger partial charge >= 0.3 is 0 Å². The summed E-state index contributed by atoms with van der Waals surface area (Å²) in [6, 6.07) is 14.2. The Labute approximate surface area is 189 Å². The van der Waals surface area contributed by atoms with Gasteiger partial charge in [-0.2, -0.15) is 0 Å². The summed E-state index contributed by atoms with van der Waals surface area (Å²) >= 11 is 0. The predicted octanol–water partition coefficient (Wildman–Crippen LogP) is 2.19. The van der Waals surface area contributed by atoms with Crippen LogP contribution < -0.4 is 25.2 Å². The second-order valence-electron chi connectivity index (χ2n) is 8.83. The van der Waals surface area contributed by atoms with Crippen LogP contribution in [-0.2, 0) is 0 Å². The smallest absolute Gasteiger partial charge is 0.253 e. The highest BCUT2D eigenvalue weighted by atomic mass is 16.7. The van der Waals surface area contributed by atoms with Crippen molar-refractivity contribution in [3.8, 4) is 11.5 Å². The molecule has 2 unspecified atom stereocenters. The first-order valence-electron chi connectivity index (χ1n) is 11.3. The van der Waals surface area contributed by atoms with Crippen molar-refractivity contribution in [2.75, 3.05) is 52.0 Å². The van der Waals surface area contributed by atoms with Crippen LogP contribution in [0.1, 0.15) is 34.8 Å². The zero-order valence-electron chi connectivity index (χ0n) is 18.7. The Balaban J connectivity index is 1.19. The van der Waals surface area contributed by atoms with E-state index in [2.05, 4.69) is 27.9 Å². The third-order valence-corrected chi connectivity index (χ3v) is 6.55. The zero-order chi connectivity index (χ0) is 22.1. The summed E-state index contributed by atoms with van der Waals surface area (Å²) in [6.07, 6.45) is 2.15. The predicted molar refractivity (Wildman–Crippen MR) is 123 cm³/mol. The first-order valence-corrected chi connectivity index (χ1v) is 11.3. The molecule has 2 N–H and O–H groups in total.